The summed E-state index contributed by atoms with van der Waals surface area (Å²) in [5, 5.41) is 2.59. The van der Waals surface area contributed by atoms with E-state index in [2.05, 4.69) is 15.0 Å². The van der Waals surface area contributed by atoms with Gasteiger partial charge in [0.2, 0.25) is 0 Å². The molecule has 6 nitrogen and oxygen atoms in total. The zero-order valence-electron chi connectivity index (χ0n) is 10.7. The van der Waals surface area contributed by atoms with Crippen LogP contribution in [0.25, 0.3) is 0 Å². The number of nitrogens with zero attached hydrogens (tertiary/aromatic N) is 1. The molecule has 1 amide bonds. The van der Waals surface area contributed by atoms with Gasteiger partial charge in [-0.15, -0.1) is 0 Å². The summed E-state index contributed by atoms with van der Waals surface area (Å²) in [5.41, 5.74) is 7.58. The van der Waals surface area contributed by atoms with E-state index in [1.54, 1.807) is 26.1 Å². The van der Waals surface area contributed by atoms with Crippen LogP contribution in [0, 0.1) is 13.8 Å². The van der Waals surface area contributed by atoms with Gasteiger partial charge in [-0.2, -0.15) is 0 Å². The summed E-state index contributed by atoms with van der Waals surface area (Å²) in [6, 6.07) is 0.433. The lowest BCUT2D eigenvalue weighted by molar-refractivity contribution is -0.146. The zero-order valence-corrected chi connectivity index (χ0v) is 10.7. The predicted molar refractivity (Wildman–Crippen MR) is 66.9 cm³/mol. The highest BCUT2D eigenvalue weighted by atomic mass is 16.5. The van der Waals surface area contributed by atoms with Crippen molar-refractivity contribution in [1.29, 1.82) is 0 Å². The standard InChI is InChI=1S/C12H17N3O3/c1-4-18-12(17)9(13)11(16)15-10-7(2)5-6-14-8(10)3/h5-6,9H,4,13H2,1-3H3,(H,15,16). The average Bonchev–Trinajstić information content (AvgIpc) is 2.33. The molecule has 0 spiro atoms. The molecular weight excluding hydrogens is 234 g/mol. The molecule has 1 aromatic heterocycles. The Bertz CT molecular complexity index is 440. The first-order valence-corrected chi connectivity index (χ1v) is 5.62. The molecular formula is C12H17N3O3. The monoisotopic (exact) mass is 251 g/mol. The third-order valence-corrected chi connectivity index (χ3v) is 2.42. The van der Waals surface area contributed by atoms with E-state index >= 15 is 0 Å². The quantitative estimate of drug-likeness (QED) is 0.601. The number of carbonyl (C=O) groups excluding carboxylic acids is 2. The van der Waals surface area contributed by atoms with Crippen molar-refractivity contribution >= 4 is 17.6 Å². The van der Waals surface area contributed by atoms with Gasteiger partial charge in [-0.25, -0.2) is 4.79 Å². The van der Waals surface area contributed by atoms with Crippen molar-refractivity contribution in [3.05, 3.63) is 23.5 Å². The number of hydrogen-bond donors (Lipinski definition) is 2. The first-order valence-electron chi connectivity index (χ1n) is 5.62. The predicted octanol–water partition coefficient (Wildman–Crippen LogP) is 0.527. The number of amides is 1. The Morgan fingerprint density at radius 1 is 1.50 bits per heavy atom. The van der Waals surface area contributed by atoms with Crippen LogP contribution in [0.5, 0.6) is 0 Å². The minimum atomic E-state index is -1.33. The van der Waals surface area contributed by atoms with Crippen LogP contribution in [0.2, 0.25) is 0 Å². The van der Waals surface area contributed by atoms with Crippen LogP contribution in [0.1, 0.15) is 18.2 Å². The smallest absolute Gasteiger partial charge is 0.332 e. The molecule has 0 aliphatic rings. The van der Waals surface area contributed by atoms with Crippen LogP contribution >= 0.6 is 0 Å². The molecule has 1 atom stereocenters. The number of hydrogen-bond acceptors (Lipinski definition) is 5. The number of rotatable bonds is 4. The number of aryl methyl sites for hydroxylation is 2. The highest BCUT2D eigenvalue weighted by molar-refractivity contribution is 6.08. The van der Waals surface area contributed by atoms with E-state index in [1.165, 1.54) is 0 Å². The number of ether oxygens (including phenoxy) is 1. The van der Waals surface area contributed by atoms with Crippen molar-refractivity contribution in [2.75, 3.05) is 11.9 Å². The van der Waals surface area contributed by atoms with Crippen LogP contribution in [0.3, 0.4) is 0 Å². The van der Waals surface area contributed by atoms with Crippen LogP contribution in [0.15, 0.2) is 12.3 Å². The maximum absolute atomic E-state index is 11.8. The van der Waals surface area contributed by atoms with Crippen LogP contribution in [0.4, 0.5) is 5.69 Å². The summed E-state index contributed by atoms with van der Waals surface area (Å²) in [4.78, 5) is 27.2. The number of carbonyl (C=O) groups is 2. The van der Waals surface area contributed by atoms with Gasteiger partial charge in [-0.3, -0.25) is 9.78 Å². The molecule has 1 aromatic rings. The SMILES string of the molecule is CCOC(=O)C(N)C(=O)Nc1c(C)ccnc1C. The molecule has 98 valence electrons. The first-order chi connectivity index (χ1) is 8.47. The van der Waals surface area contributed by atoms with E-state index in [4.69, 9.17) is 5.73 Å². The Morgan fingerprint density at radius 2 is 2.17 bits per heavy atom. The fourth-order valence-corrected chi connectivity index (χ4v) is 1.42. The second kappa shape index (κ2) is 6.11. The van der Waals surface area contributed by atoms with Gasteiger partial charge in [0.25, 0.3) is 5.91 Å². The lowest BCUT2D eigenvalue weighted by Crippen LogP contribution is -2.43. The summed E-state index contributed by atoms with van der Waals surface area (Å²) in [5.74, 6) is -1.35. The van der Waals surface area contributed by atoms with E-state index in [9.17, 15) is 9.59 Å². The minimum absolute atomic E-state index is 0.185. The van der Waals surface area contributed by atoms with Crippen molar-refractivity contribution in [3.63, 3.8) is 0 Å². The van der Waals surface area contributed by atoms with Crippen LogP contribution in [-0.4, -0.2) is 29.5 Å². The molecule has 0 saturated heterocycles. The van der Waals surface area contributed by atoms with Crippen molar-refractivity contribution < 1.29 is 14.3 Å². The summed E-state index contributed by atoms with van der Waals surface area (Å²) >= 11 is 0. The Hall–Kier alpha value is -1.95. The number of aromatic nitrogens is 1. The van der Waals surface area contributed by atoms with Gasteiger partial charge in [-0.05, 0) is 32.4 Å². The molecule has 0 fully saturated rings. The molecule has 18 heavy (non-hydrogen) atoms. The number of nitrogens with one attached hydrogen (secondary N) is 1. The maximum Gasteiger partial charge on any atom is 0.332 e. The van der Waals surface area contributed by atoms with E-state index in [-0.39, 0.29) is 6.61 Å². The second-order valence-electron chi connectivity index (χ2n) is 3.81. The maximum atomic E-state index is 11.8. The molecule has 0 aromatic carbocycles. The third kappa shape index (κ3) is 3.27. The minimum Gasteiger partial charge on any atom is -0.464 e. The fourth-order valence-electron chi connectivity index (χ4n) is 1.42. The zero-order chi connectivity index (χ0) is 13.7. The normalized spacial score (nSPS) is 11.8. The van der Waals surface area contributed by atoms with Crippen LogP contribution in [-0.2, 0) is 14.3 Å². The molecule has 0 aliphatic heterocycles. The topological polar surface area (TPSA) is 94.3 Å². The lowest BCUT2D eigenvalue weighted by atomic mass is 10.2. The summed E-state index contributed by atoms with van der Waals surface area (Å²) in [7, 11) is 0. The van der Waals surface area contributed by atoms with Gasteiger partial charge in [-0.1, -0.05) is 0 Å². The number of nitrogens with two attached hydrogens (primary N) is 1. The summed E-state index contributed by atoms with van der Waals surface area (Å²) in [6.07, 6.45) is 1.64. The Kier molecular flexibility index (Phi) is 4.79. The molecule has 1 heterocycles. The van der Waals surface area contributed by atoms with Gasteiger partial charge in [0.05, 0.1) is 18.0 Å². The van der Waals surface area contributed by atoms with Crippen molar-refractivity contribution in [2.45, 2.75) is 26.8 Å². The van der Waals surface area contributed by atoms with Gasteiger partial charge >= 0.3 is 5.97 Å². The van der Waals surface area contributed by atoms with E-state index in [0.717, 1.165) is 5.56 Å². The summed E-state index contributed by atoms with van der Waals surface area (Å²) in [6.45, 7) is 5.43. The Balaban J connectivity index is 2.79. The van der Waals surface area contributed by atoms with E-state index < -0.39 is 17.9 Å². The highest BCUT2D eigenvalue weighted by Crippen LogP contribution is 2.17. The van der Waals surface area contributed by atoms with E-state index in [1.807, 2.05) is 6.92 Å². The Labute approximate surface area is 106 Å². The molecule has 0 bridgehead atoms. The van der Waals surface area contributed by atoms with Gasteiger partial charge < -0.3 is 15.8 Å². The largest absolute Gasteiger partial charge is 0.464 e. The second-order valence-corrected chi connectivity index (χ2v) is 3.81. The molecule has 0 saturated carbocycles. The average molecular weight is 251 g/mol. The molecule has 0 radical (unpaired) electrons. The molecule has 6 heteroatoms. The number of pyridine rings is 1. The number of esters is 1. The van der Waals surface area contributed by atoms with Gasteiger partial charge in [0.15, 0.2) is 6.04 Å². The van der Waals surface area contributed by atoms with Crippen molar-refractivity contribution in [1.82, 2.24) is 4.98 Å². The van der Waals surface area contributed by atoms with Crippen LogP contribution < -0.4 is 11.1 Å². The molecule has 3 N–H and O–H groups in total. The molecule has 1 rings (SSSR count). The Morgan fingerprint density at radius 3 is 2.72 bits per heavy atom. The molecule has 1 unspecified atom stereocenters. The fraction of sp³-hybridized carbons (Fsp3) is 0.417. The van der Waals surface area contributed by atoms with Crippen molar-refractivity contribution in [3.8, 4) is 0 Å². The van der Waals surface area contributed by atoms with Crippen molar-refractivity contribution in [2.24, 2.45) is 5.73 Å². The number of anilines is 1. The van der Waals surface area contributed by atoms with Gasteiger partial charge in [0.1, 0.15) is 0 Å². The third-order valence-electron chi connectivity index (χ3n) is 2.42. The summed E-state index contributed by atoms with van der Waals surface area (Å²) < 4.78 is 4.68. The lowest BCUT2D eigenvalue weighted by Gasteiger charge is -2.14. The molecule has 0 aliphatic carbocycles. The first kappa shape index (κ1) is 14.1. The van der Waals surface area contributed by atoms with E-state index in [0.29, 0.717) is 11.4 Å². The van der Waals surface area contributed by atoms with Gasteiger partial charge in [0, 0.05) is 6.20 Å². The highest BCUT2D eigenvalue weighted by Gasteiger charge is 2.24.